The molecular weight excluding hydrogens is 408 g/mol. The fourth-order valence-corrected chi connectivity index (χ4v) is 5.59. The van der Waals surface area contributed by atoms with Gasteiger partial charge in [0.2, 0.25) is 5.91 Å². The molecule has 1 aromatic heterocycles. The zero-order chi connectivity index (χ0) is 21.3. The van der Waals surface area contributed by atoms with Crippen LogP contribution in [-0.2, 0) is 22.6 Å². The van der Waals surface area contributed by atoms with E-state index in [-0.39, 0.29) is 25.0 Å². The average molecular weight is 436 g/mol. The first kappa shape index (κ1) is 21.3. The van der Waals surface area contributed by atoms with E-state index in [9.17, 15) is 13.6 Å². The molecule has 5 nitrogen and oxygen atoms in total. The minimum atomic E-state index is -0.642. The van der Waals surface area contributed by atoms with Gasteiger partial charge in [-0.15, -0.1) is 11.3 Å². The predicted molar refractivity (Wildman–Crippen MR) is 111 cm³/mol. The highest BCUT2D eigenvalue weighted by Gasteiger charge is 2.41. The zero-order valence-corrected chi connectivity index (χ0v) is 18.1. The van der Waals surface area contributed by atoms with Gasteiger partial charge in [0, 0.05) is 36.5 Å². The van der Waals surface area contributed by atoms with E-state index in [0.717, 1.165) is 42.8 Å². The molecule has 0 radical (unpaired) electrons. The number of rotatable bonds is 6. The molecule has 0 aliphatic carbocycles. The lowest BCUT2D eigenvalue weighted by Gasteiger charge is -2.35. The van der Waals surface area contributed by atoms with Crippen molar-refractivity contribution in [2.45, 2.75) is 45.9 Å². The largest absolute Gasteiger partial charge is 0.377 e. The van der Waals surface area contributed by atoms with E-state index in [1.165, 1.54) is 17.0 Å². The van der Waals surface area contributed by atoms with Crippen molar-refractivity contribution in [3.8, 4) is 0 Å². The first-order valence-electron chi connectivity index (χ1n) is 10.4. The van der Waals surface area contributed by atoms with E-state index >= 15 is 0 Å². The molecule has 2 saturated heterocycles. The third-order valence-electron chi connectivity index (χ3n) is 6.04. The van der Waals surface area contributed by atoms with Crippen LogP contribution in [0.3, 0.4) is 0 Å². The zero-order valence-electron chi connectivity index (χ0n) is 17.3. The van der Waals surface area contributed by atoms with Gasteiger partial charge in [0.25, 0.3) is 0 Å². The van der Waals surface area contributed by atoms with Crippen LogP contribution in [0.5, 0.6) is 0 Å². The maximum absolute atomic E-state index is 13.3. The number of likely N-dealkylation sites (tertiary alicyclic amines) is 1. The van der Waals surface area contributed by atoms with Crippen molar-refractivity contribution in [1.29, 1.82) is 0 Å². The highest BCUT2D eigenvalue weighted by molar-refractivity contribution is 7.11. The first-order chi connectivity index (χ1) is 14.4. The van der Waals surface area contributed by atoms with Gasteiger partial charge in [0.05, 0.1) is 29.8 Å². The smallest absolute Gasteiger partial charge is 0.222 e. The number of fused-ring (bicyclic) bond motifs is 1. The van der Waals surface area contributed by atoms with Crippen LogP contribution in [-0.4, -0.2) is 41.6 Å². The number of benzene rings is 1. The van der Waals surface area contributed by atoms with Crippen LogP contribution in [0.2, 0.25) is 0 Å². The topological polar surface area (TPSA) is 54.5 Å². The van der Waals surface area contributed by atoms with E-state index < -0.39 is 11.6 Å². The van der Waals surface area contributed by atoms with Gasteiger partial charge in [0.15, 0.2) is 0 Å². The van der Waals surface area contributed by atoms with Crippen molar-refractivity contribution in [2.24, 2.45) is 11.8 Å². The van der Waals surface area contributed by atoms with Crippen LogP contribution in [0.4, 0.5) is 8.78 Å². The van der Waals surface area contributed by atoms with Crippen LogP contribution in [0, 0.1) is 37.3 Å². The Morgan fingerprint density at radius 3 is 2.77 bits per heavy atom. The standard InChI is InChI=1S/C22H27F2N3O2S/c1-13-21(30-14(2)26-13)11-27-4-3-19-16(10-27)12-29-20(19)8-22(28)25-9-15-5-17(23)7-18(24)6-15/h5-7,16,19-20H,3-4,8-12H2,1-2H3,(H,25,28)/t16-,19-,20+/m1/s1. The minimum Gasteiger partial charge on any atom is -0.377 e. The molecule has 0 spiro atoms. The summed E-state index contributed by atoms with van der Waals surface area (Å²) in [6, 6.07) is 3.28. The van der Waals surface area contributed by atoms with Gasteiger partial charge in [-0.1, -0.05) is 0 Å². The lowest BCUT2D eigenvalue weighted by molar-refractivity contribution is -0.124. The molecule has 3 heterocycles. The minimum absolute atomic E-state index is 0.0891. The number of amides is 1. The Hall–Kier alpha value is -1.90. The Labute approximate surface area is 179 Å². The second-order valence-corrected chi connectivity index (χ2v) is 9.61. The summed E-state index contributed by atoms with van der Waals surface area (Å²) in [4.78, 5) is 20.7. The maximum Gasteiger partial charge on any atom is 0.222 e. The number of halogens is 2. The van der Waals surface area contributed by atoms with Crippen LogP contribution in [0.1, 0.15) is 34.0 Å². The molecule has 1 N–H and O–H groups in total. The van der Waals surface area contributed by atoms with Gasteiger partial charge in [0.1, 0.15) is 11.6 Å². The summed E-state index contributed by atoms with van der Waals surface area (Å²) in [6.45, 7) is 7.78. The number of nitrogens with one attached hydrogen (secondary N) is 1. The van der Waals surface area contributed by atoms with Crippen LogP contribution >= 0.6 is 11.3 Å². The van der Waals surface area contributed by atoms with Crippen molar-refractivity contribution in [3.05, 3.63) is 51.0 Å². The van der Waals surface area contributed by atoms with Crippen molar-refractivity contribution in [3.63, 3.8) is 0 Å². The summed E-state index contributed by atoms with van der Waals surface area (Å²) < 4.78 is 32.5. The van der Waals surface area contributed by atoms with Gasteiger partial charge in [-0.3, -0.25) is 9.69 Å². The SMILES string of the molecule is Cc1nc(C)c(CN2CC[C@@H]3[C@@H](CO[C@H]3CC(=O)NCc3cc(F)cc(F)c3)C2)s1. The molecule has 1 amide bonds. The summed E-state index contributed by atoms with van der Waals surface area (Å²) in [7, 11) is 0. The fourth-order valence-electron chi connectivity index (χ4n) is 4.61. The number of nitrogens with zero attached hydrogens (tertiary/aromatic N) is 2. The van der Waals surface area contributed by atoms with E-state index in [4.69, 9.17) is 4.74 Å². The molecular formula is C22H27F2N3O2S. The number of piperidine rings is 1. The van der Waals surface area contributed by atoms with Gasteiger partial charge in [-0.2, -0.15) is 0 Å². The van der Waals surface area contributed by atoms with Crippen LogP contribution in [0.25, 0.3) is 0 Å². The summed E-state index contributed by atoms with van der Waals surface area (Å²) in [5.41, 5.74) is 1.53. The van der Waals surface area contributed by atoms with Gasteiger partial charge in [-0.05, 0) is 50.4 Å². The van der Waals surface area contributed by atoms with Crippen LogP contribution in [0.15, 0.2) is 18.2 Å². The predicted octanol–water partition coefficient (Wildman–Crippen LogP) is 3.58. The molecule has 4 rings (SSSR count). The molecule has 162 valence electrons. The van der Waals surface area contributed by atoms with Crippen molar-refractivity contribution in [2.75, 3.05) is 19.7 Å². The molecule has 2 aliphatic rings. The fraction of sp³-hybridized carbons (Fsp3) is 0.545. The number of hydrogen-bond donors (Lipinski definition) is 1. The molecule has 0 unspecified atom stereocenters. The molecule has 0 saturated carbocycles. The molecule has 2 fully saturated rings. The Balaban J connectivity index is 1.26. The molecule has 2 aliphatic heterocycles. The molecule has 8 heteroatoms. The van der Waals surface area contributed by atoms with E-state index in [1.807, 2.05) is 6.92 Å². The molecule has 30 heavy (non-hydrogen) atoms. The average Bonchev–Trinajstić information content (AvgIpc) is 3.21. The number of aromatic nitrogens is 1. The van der Waals surface area contributed by atoms with E-state index in [0.29, 0.717) is 24.0 Å². The summed E-state index contributed by atoms with van der Waals surface area (Å²) in [5, 5.41) is 3.86. The lowest BCUT2D eigenvalue weighted by atomic mass is 9.83. The van der Waals surface area contributed by atoms with Crippen molar-refractivity contribution < 1.29 is 18.3 Å². The molecule has 2 aromatic rings. The summed E-state index contributed by atoms with van der Waals surface area (Å²) in [6.07, 6.45) is 1.20. The lowest BCUT2D eigenvalue weighted by Crippen LogP contribution is -2.41. The second-order valence-electron chi connectivity index (χ2n) is 8.32. The maximum atomic E-state index is 13.3. The van der Waals surface area contributed by atoms with E-state index in [2.05, 4.69) is 22.1 Å². The third-order valence-corrected chi connectivity index (χ3v) is 7.10. The van der Waals surface area contributed by atoms with Crippen molar-refractivity contribution >= 4 is 17.2 Å². The molecule has 0 bridgehead atoms. The second kappa shape index (κ2) is 9.08. The summed E-state index contributed by atoms with van der Waals surface area (Å²) >= 11 is 1.76. The normalized spacial score (nSPS) is 24.1. The molecule has 1 aromatic carbocycles. The number of carbonyl (C=O) groups excluding carboxylic acids is 1. The van der Waals surface area contributed by atoms with Crippen molar-refractivity contribution in [1.82, 2.24) is 15.2 Å². The quantitative estimate of drug-likeness (QED) is 0.754. The van der Waals surface area contributed by atoms with Gasteiger partial charge in [-0.25, -0.2) is 13.8 Å². The van der Waals surface area contributed by atoms with Gasteiger partial charge >= 0.3 is 0 Å². The van der Waals surface area contributed by atoms with Gasteiger partial charge < -0.3 is 10.1 Å². The first-order valence-corrected chi connectivity index (χ1v) is 11.2. The molecule has 3 atom stereocenters. The number of carbonyl (C=O) groups is 1. The Kier molecular flexibility index (Phi) is 6.46. The number of aryl methyl sites for hydroxylation is 2. The van der Waals surface area contributed by atoms with E-state index in [1.54, 1.807) is 11.3 Å². The van der Waals surface area contributed by atoms with Crippen LogP contribution < -0.4 is 5.32 Å². The number of ether oxygens (including phenoxy) is 1. The Bertz CT molecular complexity index is 900. The highest BCUT2D eigenvalue weighted by Crippen LogP contribution is 2.36. The third kappa shape index (κ3) is 5.04. The highest BCUT2D eigenvalue weighted by atomic mass is 32.1. The Morgan fingerprint density at radius 1 is 1.30 bits per heavy atom. The summed E-state index contributed by atoms with van der Waals surface area (Å²) in [5.74, 6) is -0.622. The number of thiazole rings is 1. The monoisotopic (exact) mass is 435 g/mol. The Morgan fingerprint density at radius 2 is 2.07 bits per heavy atom. The number of hydrogen-bond acceptors (Lipinski definition) is 5.